The normalized spacial score (nSPS) is 18.2. The van der Waals surface area contributed by atoms with E-state index in [1.807, 2.05) is 138 Å². The van der Waals surface area contributed by atoms with Crippen LogP contribution in [0, 0.1) is 60.4 Å². The predicted octanol–water partition coefficient (Wildman–Crippen LogP) is 18.3. The van der Waals surface area contributed by atoms with Crippen LogP contribution in [0.15, 0.2) is 138 Å². The quantitative estimate of drug-likeness (QED) is 0.0824. The van der Waals surface area contributed by atoms with Crippen LogP contribution < -0.4 is 35.1 Å². The molecule has 680 valence electrons. The Kier molecular flexibility index (Phi) is 38.0. The lowest BCUT2D eigenvalue weighted by molar-refractivity contribution is 0.0136. The number of hydrogen-bond donors (Lipinski definition) is 3. The van der Waals surface area contributed by atoms with Crippen molar-refractivity contribution in [1.29, 1.82) is 0 Å². The first-order valence-corrected chi connectivity index (χ1v) is 42.6. The maximum absolute atomic E-state index is 13.7. The van der Waals surface area contributed by atoms with E-state index in [2.05, 4.69) is 77.0 Å². The van der Waals surface area contributed by atoms with E-state index in [1.54, 1.807) is 45.7 Å². The molecule has 6 saturated heterocycles. The second-order valence-electron chi connectivity index (χ2n) is 33.3. The monoisotopic (exact) mass is 1840 g/mol. The summed E-state index contributed by atoms with van der Waals surface area (Å²) in [4.78, 5) is 69.5. The highest BCUT2D eigenvalue weighted by Gasteiger charge is 2.35. The van der Waals surface area contributed by atoms with E-state index in [4.69, 9.17) is 32.7 Å². The third-order valence-electron chi connectivity index (χ3n) is 22.0. The zero-order chi connectivity index (χ0) is 89.2. The highest BCUT2D eigenvalue weighted by Crippen LogP contribution is 2.32. The number of hydrogen-bond acceptors (Lipinski definition) is 15. The van der Waals surface area contributed by atoms with Gasteiger partial charge in [0.25, 0.3) is 5.91 Å². The van der Waals surface area contributed by atoms with Gasteiger partial charge < -0.3 is 73.5 Å². The Morgan fingerprint density at radius 2 is 0.815 bits per heavy atom. The van der Waals surface area contributed by atoms with Crippen LogP contribution in [0.3, 0.4) is 0 Å². The van der Waals surface area contributed by atoms with Gasteiger partial charge in [0.05, 0.1) is 21.4 Å². The Morgan fingerprint density at radius 1 is 0.444 bits per heavy atom. The molecule has 14 rings (SSSR count). The molecule has 21 nitrogen and oxygen atoms in total. The van der Waals surface area contributed by atoms with Crippen LogP contribution in [0.1, 0.15) is 128 Å². The van der Waals surface area contributed by atoms with Crippen molar-refractivity contribution in [2.24, 2.45) is 14.1 Å². The molecule has 0 spiro atoms. The summed E-state index contributed by atoms with van der Waals surface area (Å²) in [7, 11) is 3.75. The Bertz CT molecular complexity index is 4850. The lowest BCUT2D eigenvalue weighted by Gasteiger charge is -2.41. The third-order valence-corrected chi connectivity index (χ3v) is 23.1. The standard InChI is InChI=1S/C29H34ClF2N5O.C18H22ClN3O2.C16H22F2N2O2.C11H14F2N2.C10H20N2O2.C6H3BrF2.2CH4/c1-20-18-36(23-8-9-25(31)26(32)17-23)14-15-37(20)29(38)28-16-22(21(2)33(28)3)19-34-10-12-35(13-11-34)27-7-5-4-6-24(27)30;1-13-14(11-17(18(23)24)20(13)2)12-21-7-9-22(10-8-21)16-6-4-3-5-15(16)19;1-11-10-19(12-5-6-13(17)14(18)9-12)7-8-20(11)15(21)22-16(2,3)4;1-8-7-15(5-4-14-8)9-2-3-10(12)11(13)6-9;1-8-7-11-5-6-12(8)9(13)14-10(2,3)4;7-4-1-2-5(8)6(9)3-4;;/h4-9,16-17,20H,10-15,18-19H2,1-3H3;3-6,11H,7-10,12H2,1-2H3,(H,23,24);5-6,9,11H,7-8,10H2,1-4H3;2-3,6,8,14H,4-5,7H2,1H3;8,11H,5-7H2,1-4H3;1-3H;2*1H4/t20-;;11-;2*8-;;;/m0.000.../s1. The number of amides is 3. The van der Waals surface area contributed by atoms with Gasteiger partial charge >= 0.3 is 18.2 Å². The van der Waals surface area contributed by atoms with Crippen molar-refractivity contribution < 1.29 is 68.9 Å². The minimum absolute atomic E-state index is 0. The first-order valence-electron chi connectivity index (χ1n) is 41.1. The van der Waals surface area contributed by atoms with E-state index >= 15 is 0 Å². The predicted molar refractivity (Wildman–Crippen MR) is 484 cm³/mol. The summed E-state index contributed by atoms with van der Waals surface area (Å²) in [5.41, 5.74) is 8.62. The molecular weight excluding hydrogens is 1720 g/mol. The molecule has 4 atom stereocenters. The van der Waals surface area contributed by atoms with Crippen molar-refractivity contribution in [2.75, 3.05) is 155 Å². The highest BCUT2D eigenvalue weighted by atomic mass is 79.9. The summed E-state index contributed by atoms with van der Waals surface area (Å²) < 4.78 is 118. The van der Waals surface area contributed by atoms with Gasteiger partial charge in [0.2, 0.25) is 0 Å². The van der Waals surface area contributed by atoms with E-state index in [1.165, 1.54) is 30.3 Å². The first-order chi connectivity index (χ1) is 57.6. The fourth-order valence-corrected chi connectivity index (χ4v) is 15.8. The van der Waals surface area contributed by atoms with Crippen LogP contribution in [-0.4, -0.2) is 229 Å². The number of anilines is 5. The fourth-order valence-electron chi connectivity index (χ4n) is 15.0. The van der Waals surface area contributed by atoms with Gasteiger partial charge in [-0.15, -0.1) is 0 Å². The van der Waals surface area contributed by atoms with Gasteiger partial charge in [-0.2, -0.15) is 0 Å². The molecule has 6 aliphatic rings. The average Bonchev–Trinajstić information content (AvgIpc) is 1.57. The van der Waals surface area contributed by atoms with Crippen LogP contribution in [0.5, 0.6) is 0 Å². The van der Waals surface area contributed by atoms with Crippen LogP contribution in [-0.2, 0) is 36.7 Å². The molecule has 8 aromatic rings. The molecule has 124 heavy (non-hydrogen) atoms. The van der Waals surface area contributed by atoms with Crippen molar-refractivity contribution in [3.05, 3.63) is 228 Å². The molecule has 3 amide bonds. The van der Waals surface area contributed by atoms with Crippen molar-refractivity contribution >= 4 is 91.6 Å². The smallest absolute Gasteiger partial charge is 0.410 e. The van der Waals surface area contributed by atoms with Crippen molar-refractivity contribution in [3.63, 3.8) is 0 Å². The lowest BCUT2D eigenvalue weighted by atomic mass is 10.1. The molecule has 0 unspecified atom stereocenters. The summed E-state index contributed by atoms with van der Waals surface area (Å²) in [6, 6.07) is 35.6. The van der Waals surface area contributed by atoms with E-state index in [0.29, 0.717) is 72.5 Å². The number of halogens is 11. The number of nitrogens with zero attached hydrogens (tertiary/aromatic N) is 12. The Labute approximate surface area is 744 Å². The van der Waals surface area contributed by atoms with Crippen LogP contribution >= 0.6 is 39.1 Å². The Morgan fingerprint density at radius 3 is 1.18 bits per heavy atom. The number of para-hydroxylation sites is 2. The summed E-state index contributed by atoms with van der Waals surface area (Å²) in [6.45, 7) is 40.3. The van der Waals surface area contributed by atoms with Crippen LogP contribution in [0.25, 0.3) is 0 Å². The lowest BCUT2D eigenvalue weighted by Crippen LogP contribution is -2.55. The number of nitrogens with one attached hydrogen (secondary N) is 2. The molecule has 6 fully saturated rings. The fraction of sp³-hybridized carbons (Fsp3) is 0.478. The number of carboxylic acid groups (broad SMARTS) is 1. The largest absolute Gasteiger partial charge is 0.477 e. The Hall–Kier alpha value is -9.30. The van der Waals surface area contributed by atoms with E-state index in [-0.39, 0.29) is 51.1 Å². The van der Waals surface area contributed by atoms with Gasteiger partial charge in [-0.1, -0.05) is 78.3 Å². The molecule has 6 aromatic carbocycles. The minimum atomic E-state index is -0.879. The second kappa shape index (κ2) is 46.3. The molecule has 0 radical (unpaired) electrons. The zero-order valence-electron chi connectivity index (χ0n) is 72.0. The highest BCUT2D eigenvalue weighted by molar-refractivity contribution is 9.10. The second-order valence-corrected chi connectivity index (χ2v) is 35.0. The van der Waals surface area contributed by atoms with Crippen LogP contribution in [0.2, 0.25) is 10.0 Å². The van der Waals surface area contributed by atoms with Gasteiger partial charge in [0, 0.05) is 233 Å². The number of benzene rings is 6. The molecule has 3 N–H and O–H groups in total. The maximum Gasteiger partial charge on any atom is 0.410 e. The summed E-state index contributed by atoms with van der Waals surface area (Å²) >= 11 is 15.7. The number of aromatic nitrogens is 2. The van der Waals surface area contributed by atoms with Gasteiger partial charge in [-0.25, -0.2) is 49.5 Å². The van der Waals surface area contributed by atoms with Crippen molar-refractivity contribution in [2.45, 2.75) is 146 Å². The molecule has 8 heterocycles. The maximum atomic E-state index is 13.7. The molecule has 6 aliphatic heterocycles. The third kappa shape index (κ3) is 28.6. The number of rotatable bonds is 11. The van der Waals surface area contributed by atoms with Gasteiger partial charge in [-0.3, -0.25) is 14.6 Å². The Balaban J connectivity index is 0.000000216. The zero-order valence-corrected chi connectivity index (χ0v) is 75.1. The molecule has 32 heteroatoms. The topological polar surface area (TPSA) is 173 Å². The van der Waals surface area contributed by atoms with E-state index < -0.39 is 63.7 Å². The van der Waals surface area contributed by atoms with Crippen LogP contribution in [0.4, 0.5) is 73.1 Å². The number of piperazine rings is 6. The number of carbonyl (C=O) groups is 4. The van der Waals surface area contributed by atoms with E-state index in [0.717, 1.165) is 179 Å². The first kappa shape index (κ1) is 102. The van der Waals surface area contributed by atoms with Gasteiger partial charge in [0.1, 0.15) is 22.6 Å². The van der Waals surface area contributed by atoms with Crippen molar-refractivity contribution in [3.8, 4) is 0 Å². The number of carboxylic acids is 1. The van der Waals surface area contributed by atoms with Crippen molar-refractivity contribution in [1.82, 2.24) is 44.3 Å². The molecule has 2 aromatic heterocycles. The van der Waals surface area contributed by atoms with E-state index in [9.17, 15) is 59.4 Å². The van der Waals surface area contributed by atoms with Gasteiger partial charge in [0.15, 0.2) is 46.5 Å². The SMILES string of the molecule is C.C.C[C@H]1CN(c2ccc(F)c(F)c2)CCN1.C[C@H]1CN(c2ccc(F)c(F)c2)CCN1C(=O)OC(C)(C)C.C[C@H]1CNCCN1C(=O)OC(C)(C)C.Cc1c(CN2CCN(c3ccccc3Cl)CC2)cc(C(=O)N2CCN(c3ccc(F)c(F)c3)C[C@@H]2C)n1C.Cc1c(CN2CCN(c3ccccc3Cl)CC2)cc(C(=O)O)n1C.Fc1ccc(Br)cc1F. The minimum Gasteiger partial charge on any atom is -0.477 e. The number of carbonyl (C=O) groups excluding carboxylic acids is 3. The number of aromatic carboxylic acids is 1. The number of ether oxygens (including phenoxy) is 2. The van der Waals surface area contributed by atoms with Gasteiger partial charge in [-0.05, 0) is 185 Å². The summed E-state index contributed by atoms with van der Waals surface area (Å²) in [6.07, 6.45) is -0.545. The summed E-state index contributed by atoms with van der Waals surface area (Å²) in [5.74, 6) is -7.52. The summed E-state index contributed by atoms with van der Waals surface area (Å²) in [5, 5.41) is 17.3. The average molecular weight is 1840 g/mol. The molecule has 0 bridgehead atoms. The molecule has 0 saturated carbocycles. The molecular formula is C92H123BrCl2F8N14O7. The molecule has 0 aliphatic carbocycles.